The molecular formula is C18H36N2O. The van der Waals surface area contributed by atoms with Crippen molar-refractivity contribution in [2.75, 3.05) is 19.6 Å². The number of nitrogens with zero attached hydrogens (tertiary/aromatic N) is 1. The highest BCUT2D eigenvalue weighted by atomic mass is 16.2. The number of hydrogen-bond acceptors (Lipinski definition) is 2. The van der Waals surface area contributed by atoms with Gasteiger partial charge in [-0.15, -0.1) is 0 Å². The minimum atomic E-state index is 0.323. The van der Waals surface area contributed by atoms with E-state index in [-0.39, 0.29) is 0 Å². The number of amides is 1. The quantitative estimate of drug-likeness (QED) is 0.582. The van der Waals surface area contributed by atoms with Crippen molar-refractivity contribution in [1.29, 1.82) is 0 Å². The van der Waals surface area contributed by atoms with Gasteiger partial charge in [0.2, 0.25) is 5.91 Å². The predicted octanol–water partition coefficient (Wildman–Crippen LogP) is 4.12. The normalized spacial score (nSPS) is 16.1. The smallest absolute Gasteiger partial charge is 0.222 e. The van der Waals surface area contributed by atoms with Crippen molar-refractivity contribution in [2.24, 2.45) is 0 Å². The maximum absolute atomic E-state index is 11.9. The van der Waals surface area contributed by atoms with Crippen LogP contribution >= 0.6 is 0 Å². The van der Waals surface area contributed by atoms with Gasteiger partial charge in [0.15, 0.2) is 0 Å². The third kappa shape index (κ3) is 8.45. The van der Waals surface area contributed by atoms with Crippen molar-refractivity contribution >= 4 is 5.91 Å². The fourth-order valence-electron chi connectivity index (χ4n) is 3.15. The van der Waals surface area contributed by atoms with Crippen LogP contribution in [0, 0.1) is 0 Å². The van der Waals surface area contributed by atoms with Crippen LogP contribution in [0.4, 0.5) is 0 Å². The fourth-order valence-corrected chi connectivity index (χ4v) is 3.15. The molecule has 0 atom stereocenters. The van der Waals surface area contributed by atoms with E-state index >= 15 is 0 Å². The van der Waals surface area contributed by atoms with Gasteiger partial charge in [0, 0.05) is 25.6 Å². The van der Waals surface area contributed by atoms with E-state index in [4.69, 9.17) is 0 Å². The second-order valence-electron chi connectivity index (χ2n) is 6.44. The molecule has 0 aliphatic heterocycles. The topological polar surface area (TPSA) is 32.3 Å². The summed E-state index contributed by atoms with van der Waals surface area (Å²) in [5.41, 5.74) is 0. The summed E-state index contributed by atoms with van der Waals surface area (Å²) in [4.78, 5) is 13.9. The Kier molecular flexibility index (Phi) is 10.6. The Hall–Kier alpha value is -0.570. The van der Waals surface area contributed by atoms with Crippen LogP contribution in [0.5, 0.6) is 0 Å². The van der Waals surface area contributed by atoms with Gasteiger partial charge in [0.1, 0.15) is 0 Å². The predicted molar refractivity (Wildman–Crippen MR) is 90.5 cm³/mol. The van der Waals surface area contributed by atoms with Crippen LogP contribution in [0.25, 0.3) is 0 Å². The number of hydrogen-bond donors (Lipinski definition) is 1. The molecule has 1 fully saturated rings. The van der Waals surface area contributed by atoms with Crippen LogP contribution < -0.4 is 5.32 Å². The largest absolute Gasteiger partial charge is 0.343 e. The van der Waals surface area contributed by atoms with Gasteiger partial charge in [-0.3, -0.25) is 4.79 Å². The Bertz CT molecular complexity index is 262. The Morgan fingerprint density at radius 1 is 1.00 bits per heavy atom. The highest BCUT2D eigenvalue weighted by Gasteiger charge is 2.12. The second-order valence-corrected chi connectivity index (χ2v) is 6.44. The molecule has 1 N–H and O–H groups in total. The molecule has 1 rings (SSSR count). The Labute approximate surface area is 131 Å². The zero-order valence-corrected chi connectivity index (χ0v) is 14.3. The van der Waals surface area contributed by atoms with Gasteiger partial charge >= 0.3 is 0 Å². The summed E-state index contributed by atoms with van der Waals surface area (Å²) in [6, 6.07) is 0.779. The van der Waals surface area contributed by atoms with Crippen molar-refractivity contribution in [3.05, 3.63) is 0 Å². The Balaban J connectivity index is 2.03. The third-order valence-corrected chi connectivity index (χ3v) is 4.58. The van der Waals surface area contributed by atoms with Crippen LogP contribution in [0.2, 0.25) is 0 Å². The Morgan fingerprint density at radius 2 is 1.71 bits per heavy atom. The summed E-state index contributed by atoms with van der Waals surface area (Å²) in [5, 5.41) is 3.70. The lowest BCUT2D eigenvalue weighted by molar-refractivity contribution is -0.131. The highest BCUT2D eigenvalue weighted by molar-refractivity contribution is 5.75. The molecule has 0 radical (unpaired) electrons. The number of carbonyl (C=O) groups is 1. The lowest BCUT2D eigenvalue weighted by atomic mass is 9.95. The van der Waals surface area contributed by atoms with Gasteiger partial charge in [-0.25, -0.2) is 0 Å². The first kappa shape index (κ1) is 18.5. The summed E-state index contributed by atoms with van der Waals surface area (Å²) in [6.45, 7) is 7.21. The van der Waals surface area contributed by atoms with Crippen molar-refractivity contribution in [1.82, 2.24) is 10.2 Å². The van der Waals surface area contributed by atoms with Crippen molar-refractivity contribution in [3.63, 3.8) is 0 Å². The van der Waals surface area contributed by atoms with Crippen LogP contribution in [-0.2, 0) is 4.79 Å². The summed E-state index contributed by atoms with van der Waals surface area (Å²) < 4.78 is 0. The average Bonchev–Trinajstić information content (AvgIpc) is 2.53. The van der Waals surface area contributed by atoms with E-state index in [1.165, 1.54) is 51.4 Å². The molecule has 3 nitrogen and oxygen atoms in total. The van der Waals surface area contributed by atoms with Crippen LogP contribution in [0.1, 0.15) is 84.5 Å². The minimum Gasteiger partial charge on any atom is -0.343 e. The molecule has 1 amide bonds. The third-order valence-electron chi connectivity index (χ3n) is 4.58. The van der Waals surface area contributed by atoms with Crippen molar-refractivity contribution < 1.29 is 4.79 Å². The lowest BCUT2D eigenvalue weighted by Crippen LogP contribution is -2.33. The van der Waals surface area contributed by atoms with Crippen molar-refractivity contribution in [2.45, 2.75) is 90.5 Å². The van der Waals surface area contributed by atoms with Gasteiger partial charge in [-0.2, -0.15) is 0 Å². The summed E-state index contributed by atoms with van der Waals surface area (Å²) >= 11 is 0. The first-order valence-electron chi connectivity index (χ1n) is 9.29. The molecule has 3 heteroatoms. The average molecular weight is 296 g/mol. The lowest BCUT2D eigenvalue weighted by Gasteiger charge is -2.23. The van der Waals surface area contributed by atoms with Crippen LogP contribution in [-0.4, -0.2) is 36.5 Å². The van der Waals surface area contributed by atoms with Gasteiger partial charge < -0.3 is 10.2 Å². The van der Waals surface area contributed by atoms with E-state index < -0.39 is 0 Å². The summed E-state index contributed by atoms with van der Waals surface area (Å²) in [6.07, 6.45) is 13.6. The number of carbonyl (C=O) groups excluding carboxylic acids is 1. The van der Waals surface area contributed by atoms with Gasteiger partial charge in [-0.1, -0.05) is 46.0 Å². The monoisotopic (exact) mass is 296 g/mol. The molecule has 0 aromatic heterocycles. The molecule has 0 aromatic carbocycles. The minimum absolute atomic E-state index is 0.323. The van der Waals surface area contributed by atoms with E-state index in [2.05, 4.69) is 17.1 Å². The molecule has 21 heavy (non-hydrogen) atoms. The van der Waals surface area contributed by atoms with Gasteiger partial charge in [-0.05, 0) is 38.6 Å². The Morgan fingerprint density at radius 3 is 2.38 bits per heavy atom. The summed E-state index contributed by atoms with van der Waals surface area (Å²) in [5.74, 6) is 0.323. The first-order chi connectivity index (χ1) is 10.3. The van der Waals surface area contributed by atoms with Crippen molar-refractivity contribution in [3.8, 4) is 0 Å². The van der Waals surface area contributed by atoms with Gasteiger partial charge in [0.25, 0.3) is 0 Å². The SMILES string of the molecule is CCCCN(CCCCCNC1CCCCC1)C(=O)CC. The van der Waals surface area contributed by atoms with E-state index in [1.54, 1.807) is 0 Å². The van der Waals surface area contributed by atoms with E-state index in [0.717, 1.165) is 38.5 Å². The molecule has 0 saturated heterocycles. The molecule has 1 saturated carbocycles. The van der Waals surface area contributed by atoms with E-state index in [9.17, 15) is 4.79 Å². The maximum atomic E-state index is 11.9. The van der Waals surface area contributed by atoms with E-state index in [1.807, 2.05) is 6.92 Å². The molecule has 0 heterocycles. The van der Waals surface area contributed by atoms with E-state index in [0.29, 0.717) is 12.3 Å². The second kappa shape index (κ2) is 12.0. The molecular weight excluding hydrogens is 260 g/mol. The fraction of sp³-hybridized carbons (Fsp3) is 0.944. The zero-order chi connectivity index (χ0) is 15.3. The number of rotatable bonds is 11. The maximum Gasteiger partial charge on any atom is 0.222 e. The number of nitrogens with one attached hydrogen (secondary N) is 1. The first-order valence-corrected chi connectivity index (χ1v) is 9.29. The zero-order valence-electron chi connectivity index (χ0n) is 14.3. The highest BCUT2D eigenvalue weighted by Crippen LogP contribution is 2.17. The summed E-state index contributed by atoms with van der Waals surface area (Å²) in [7, 11) is 0. The molecule has 0 aromatic rings. The molecule has 1 aliphatic carbocycles. The number of unbranched alkanes of at least 4 members (excludes halogenated alkanes) is 3. The van der Waals surface area contributed by atoms with Crippen LogP contribution in [0.15, 0.2) is 0 Å². The standard InChI is InChI=1S/C18H36N2O/c1-3-5-15-20(18(21)4-2)16-11-7-10-14-19-17-12-8-6-9-13-17/h17,19H,3-16H2,1-2H3. The molecule has 0 unspecified atom stereocenters. The van der Waals surface area contributed by atoms with Gasteiger partial charge in [0.05, 0.1) is 0 Å². The molecule has 0 spiro atoms. The molecule has 1 aliphatic rings. The van der Waals surface area contributed by atoms with Crippen LogP contribution in [0.3, 0.4) is 0 Å². The molecule has 0 bridgehead atoms. The molecule has 124 valence electrons.